The summed E-state index contributed by atoms with van der Waals surface area (Å²) in [5, 5.41) is 11.1. The van der Waals surface area contributed by atoms with Crippen molar-refractivity contribution in [2.24, 2.45) is 5.92 Å². The molecule has 0 saturated carbocycles. The number of nitrogens with one attached hydrogen (secondary N) is 2. The molecule has 0 aliphatic heterocycles. The van der Waals surface area contributed by atoms with Gasteiger partial charge in [-0.2, -0.15) is 9.50 Å². The van der Waals surface area contributed by atoms with Gasteiger partial charge < -0.3 is 10.6 Å². The van der Waals surface area contributed by atoms with Crippen molar-refractivity contribution in [3.05, 3.63) is 48.5 Å². The van der Waals surface area contributed by atoms with E-state index in [1.54, 1.807) is 0 Å². The maximum atomic E-state index is 4.52. The summed E-state index contributed by atoms with van der Waals surface area (Å²) in [4.78, 5) is 4.50. The fourth-order valence-electron chi connectivity index (χ4n) is 2.05. The maximum absolute atomic E-state index is 4.52. The minimum atomic E-state index is 0.575. The van der Waals surface area contributed by atoms with Crippen LogP contribution >= 0.6 is 0 Å². The number of pyridine rings is 1. The molecule has 0 aliphatic rings. The van der Waals surface area contributed by atoms with Crippen LogP contribution in [0.2, 0.25) is 0 Å². The van der Waals surface area contributed by atoms with E-state index in [1.807, 2.05) is 53.0 Å². The van der Waals surface area contributed by atoms with Gasteiger partial charge in [-0.1, -0.05) is 38.1 Å². The van der Waals surface area contributed by atoms with Gasteiger partial charge in [0.05, 0.1) is 0 Å². The van der Waals surface area contributed by atoms with Crippen molar-refractivity contribution in [1.29, 1.82) is 0 Å². The Kier molecular flexibility index (Phi) is 3.73. The smallest absolute Gasteiger partial charge is 0.247 e. The van der Waals surface area contributed by atoms with E-state index in [-0.39, 0.29) is 0 Å². The Hall–Kier alpha value is -2.56. The molecule has 3 rings (SSSR count). The highest BCUT2D eigenvalue weighted by Gasteiger charge is 2.07. The van der Waals surface area contributed by atoms with Crippen molar-refractivity contribution in [2.75, 3.05) is 17.2 Å². The highest BCUT2D eigenvalue weighted by atomic mass is 15.4. The molecule has 5 nitrogen and oxygen atoms in total. The van der Waals surface area contributed by atoms with Crippen molar-refractivity contribution in [1.82, 2.24) is 14.6 Å². The minimum Gasteiger partial charge on any atom is -0.370 e. The Morgan fingerprint density at radius 2 is 1.86 bits per heavy atom. The van der Waals surface area contributed by atoms with E-state index in [2.05, 4.69) is 34.6 Å². The molecular weight excluding hydrogens is 262 g/mol. The number of rotatable bonds is 5. The van der Waals surface area contributed by atoms with Gasteiger partial charge in [0.25, 0.3) is 0 Å². The number of para-hydroxylation sites is 1. The maximum Gasteiger partial charge on any atom is 0.247 e. The second kappa shape index (κ2) is 5.83. The third-order valence-electron chi connectivity index (χ3n) is 3.08. The average Bonchev–Trinajstić information content (AvgIpc) is 2.89. The lowest BCUT2D eigenvalue weighted by atomic mass is 10.2. The van der Waals surface area contributed by atoms with Crippen molar-refractivity contribution in [2.45, 2.75) is 13.8 Å². The average molecular weight is 281 g/mol. The molecule has 0 fully saturated rings. The zero-order valence-corrected chi connectivity index (χ0v) is 12.2. The summed E-state index contributed by atoms with van der Waals surface area (Å²) in [6.45, 7) is 5.26. The number of nitrogens with zero attached hydrogens (tertiary/aromatic N) is 3. The summed E-state index contributed by atoms with van der Waals surface area (Å²) < 4.78 is 1.83. The molecule has 0 unspecified atom stereocenters. The largest absolute Gasteiger partial charge is 0.370 e. The van der Waals surface area contributed by atoms with Crippen LogP contribution in [0.4, 0.5) is 17.5 Å². The highest BCUT2D eigenvalue weighted by molar-refractivity contribution is 5.57. The molecule has 1 aromatic carbocycles. The van der Waals surface area contributed by atoms with E-state index >= 15 is 0 Å². The molecule has 0 radical (unpaired) electrons. The predicted molar refractivity (Wildman–Crippen MR) is 86.0 cm³/mol. The fourth-order valence-corrected chi connectivity index (χ4v) is 2.05. The molecule has 0 amide bonds. The molecule has 5 heteroatoms. The van der Waals surface area contributed by atoms with Crippen LogP contribution < -0.4 is 10.6 Å². The van der Waals surface area contributed by atoms with Crippen LogP contribution in [-0.2, 0) is 0 Å². The first-order chi connectivity index (χ1) is 10.2. The van der Waals surface area contributed by atoms with E-state index in [4.69, 9.17) is 0 Å². The lowest BCUT2D eigenvalue weighted by molar-refractivity contribution is 0.684. The van der Waals surface area contributed by atoms with Crippen LogP contribution in [0.15, 0.2) is 48.5 Å². The standard InChI is InChI=1S/C16H19N5/c1-12(2)11-17-14-9-6-10-15-19-16(20-21(14)15)18-13-7-4-3-5-8-13/h3-10,12,17H,11H2,1-2H3,(H,18,20). The molecule has 21 heavy (non-hydrogen) atoms. The number of hydrogen-bond donors (Lipinski definition) is 2. The van der Waals surface area contributed by atoms with E-state index < -0.39 is 0 Å². The van der Waals surface area contributed by atoms with Crippen molar-refractivity contribution in [3.63, 3.8) is 0 Å². The van der Waals surface area contributed by atoms with Gasteiger partial charge in [-0.25, -0.2) is 0 Å². The zero-order valence-electron chi connectivity index (χ0n) is 12.2. The zero-order chi connectivity index (χ0) is 14.7. The van der Waals surface area contributed by atoms with Gasteiger partial charge >= 0.3 is 0 Å². The van der Waals surface area contributed by atoms with Gasteiger partial charge in [0.1, 0.15) is 5.82 Å². The van der Waals surface area contributed by atoms with Crippen molar-refractivity contribution < 1.29 is 0 Å². The summed E-state index contributed by atoms with van der Waals surface area (Å²) in [5.41, 5.74) is 1.80. The molecule has 108 valence electrons. The van der Waals surface area contributed by atoms with Crippen LogP contribution in [0.25, 0.3) is 5.65 Å². The van der Waals surface area contributed by atoms with Crippen LogP contribution in [0, 0.1) is 5.92 Å². The SMILES string of the molecule is CC(C)CNc1cccc2nc(Nc3ccccc3)nn12. The number of hydrogen-bond acceptors (Lipinski definition) is 4. The molecule has 3 aromatic rings. The van der Waals surface area contributed by atoms with Gasteiger partial charge in [0.15, 0.2) is 5.65 Å². The third-order valence-corrected chi connectivity index (χ3v) is 3.08. The quantitative estimate of drug-likeness (QED) is 0.751. The molecule has 2 N–H and O–H groups in total. The van der Waals surface area contributed by atoms with E-state index in [1.165, 1.54) is 0 Å². The van der Waals surface area contributed by atoms with Crippen LogP contribution in [0.5, 0.6) is 0 Å². The Morgan fingerprint density at radius 3 is 2.62 bits per heavy atom. The Labute approximate surface area is 124 Å². The summed E-state index contributed by atoms with van der Waals surface area (Å²) >= 11 is 0. The minimum absolute atomic E-state index is 0.575. The lowest BCUT2D eigenvalue weighted by Gasteiger charge is -2.09. The molecule has 2 heterocycles. The van der Waals surface area contributed by atoms with Gasteiger partial charge in [-0.3, -0.25) is 0 Å². The molecule has 0 bridgehead atoms. The summed E-state index contributed by atoms with van der Waals surface area (Å²) in [6.07, 6.45) is 0. The number of anilines is 3. The first kappa shape index (κ1) is 13.4. The molecule has 0 atom stereocenters. The molecule has 0 spiro atoms. The molecule has 0 saturated heterocycles. The van der Waals surface area contributed by atoms with Gasteiger partial charge in [0, 0.05) is 12.2 Å². The van der Waals surface area contributed by atoms with Crippen LogP contribution in [0.3, 0.4) is 0 Å². The normalized spacial score (nSPS) is 11.0. The van der Waals surface area contributed by atoms with Gasteiger partial charge in [-0.15, -0.1) is 5.10 Å². The van der Waals surface area contributed by atoms with Crippen LogP contribution in [-0.4, -0.2) is 21.1 Å². The molecular formula is C16H19N5. The second-order valence-electron chi connectivity index (χ2n) is 5.38. The highest BCUT2D eigenvalue weighted by Crippen LogP contribution is 2.16. The monoisotopic (exact) mass is 281 g/mol. The van der Waals surface area contributed by atoms with E-state index in [0.717, 1.165) is 23.7 Å². The van der Waals surface area contributed by atoms with Gasteiger partial charge in [0.2, 0.25) is 5.95 Å². The molecule has 2 aromatic heterocycles. The Morgan fingerprint density at radius 1 is 1.05 bits per heavy atom. The number of aromatic nitrogens is 3. The third kappa shape index (κ3) is 3.13. The fraction of sp³-hybridized carbons (Fsp3) is 0.250. The van der Waals surface area contributed by atoms with Gasteiger partial charge in [-0.05, 0) is 30.2 Å². The lowest BCUT2D eigenvalue weighted by Crippen LogP contribution is -2.11. The Bertz CT molecular complexity index is 718. The first-order valence-corrected chi connectivity index (χ1v) is 7.14. The molecule has 0 aliphatic carbocycles. The summed E-state index contributed by atoms with van der Waals surface area (Å²) in [5.74, 6) is 2.13. The predicted octanol–water partition coefficient (Wildman–Crippen LogP) is 3.54. The second-order valence-corrected chi connectivity index (χ2v) is 5.38. The summed E-state index contributed by atoms with van der Waals surface area (Å²) in [6, 6.07) is 15.9. The summed E-state index contributed by atoms with van der Waals surface area (Å²) in [7, 11) is 0. The van der Waals surface area contributed by atoms with Crippen molar-refractivity contribution in [3.8, 4) is 0 Å². The van der Waals surface area contributed by atoms with Crippen LogP contribution in [0.1, 0.15) is 13.8 Å². The number of fused-ring (bicyclic) bond motifs is 1. The number of benzene rings is 1. The topological polar surface area (TPSA) is 54.2 Å². The van der Waals surface area contributed by atoms with E-state index in [9.17, 15) is 0 Å². The van der Waals surface area contributed by atoms with E-state index in [0.29, 0.717) is 11.9 Å². The first-order valence-electron chi connectivity index (χ1n) is 7.14. The van der Waals surface area contributed by atoms with Crippen molar-refractivity contribution >= 4 is 23.1 Å². The Balaban J connectivity index is 1.87.